The molecule has 1 N–H and O–H groups in total. The number of halogens is 1. The van der Waals surface area contributed by atoms with Gasteiger partial charge in [-0.05, 0) is 67.4 Å². The zero-order valence-electron chi connectivity index (χ0n) is 17.9. The predicted molar refractivity (Wildman–Crippen MR) is 123 cm³/mol. The number of carbonyl (C=O) groups excluding carboxylic acids is 2. The second-order valence-electron chi connectivity index (χ2n) is 7.54. The minimum atomic E-state index is -0.468. The van der Waals surface area contributed by atoms with Gasteiger partial charge < -0.3 is 10.1 Å². The molecule has 0 bridgehead atoms. The van der Waals surface area contributed by atoms with E-state index in [9.17, 15) is 14.0 Å². The number of aryl methyl sites for hydroxylation is 1. The van der Waals surface area contributed by atoms with Gasteiger partial charge in [-0.1, -0.05) is 36.8 Å². The molecule has 2 amide bonds. The third-order valence-corrected chi connectivity index (χ3v) is 5.11. The fraction of sp³-hybridized carbons (Fsp3) is 0.154. The summed E-state index contributed by atoms with van der Waals surface area (Å²) in [5.41, 5.74) is 3.00. The highest BCUT2D eigenvalue weighted by Crippen LogP contribution is 2.34. The lowest BCUT2D eigenvalue weighted by atomic mass is 10.0. The average molecular weight is 430 g/mol. The van der Waals surface area contributed by atoms with E-state index < -0.39 is 11.8 Å². The third-order valence-electron chi connectivity index (χ3n) is 5.11. The van der Waals surface area contributed by atoms with Crippen LogP contribution < -0.4 is 15.0 Å². The van der Waals surface area contributed by atoms with E-state index in [1.54, 1.807) is 36.4 Å². The van der Waals surface area contributed by atoms with Crippen molar-refractivity contribution in [1.82, 2.24) is 0 Å². The molecular formula is C26H23FN2O3. The zero-order chi connectivity index (χ0) is 22.7. The van der Waals surface area contributed by atoms with Gasteiger partial charge in [-0.25, -0.2) is 9.29 Å². The Kier molecular flexibility index (Phi) is 6.03. The predicted octanol–water partition coefficient (Wildman–Crippen LogP) is 5.32. The molecule has 32 heavy (non-hydrogen) atoms. The molecule has 1 aliphatic rings. The summed E-state index contributed by atoms with van der Waals surface area (Å²) in [5.74, 6) is -0.589. The number of hydrogen-bond acceptors (Lipinski definition) is 4. The molecule has 5 nitrogen and oxygen atoms in total. The standard InChI is InChI=1S/C26H23FN2O3/c1-3-16-32-22-14-6-18(7-15-22)23-24(28-20-10-8-19(27)9-11-20)26(31)29(25(23)30)21-12-4-17(2)5-13-21/h4-15,28H,3,16H2,1-2H3. The summed E-state index contributed by atoms with van der Waals surface area (Å²) in [4.78, 5) is 27.9. The fourth-order valence-electron chi connectivity index (χ4n) is 3.46. The second-order valence-corrected chi connectivity index (χ2v) is 7.54. The van der Waals surface area contributed by atoms with E-state index in [1.165, 1.54) is 24.3 Å². The highest BCUT2D eigenvalue weighted by molar-refractivity contribution is 6.46. The van der Waals surface area contributed by atoms with Gasteiger partial charge in [0.1, 0.15) is 17.3 Å². The summed E-state index contributed by atoms with van der Waals surface area (Å²) in [6.45, 7) is 4.55. The van der Waals surface area contributed by atoms with Crippen molar-refractivity contribution in [3.05, 3.63) is 95.4 Å². The Morgan fingerprint density at radius 3 is 2.16 bits per heavy atom. The number of amides is 2. The van der Waals surface area contributed by atoms with Gasteiger partial charge in [-0.15, -0.1) is 0 Å². The maximum Gasteiger partial charge on any atom is 0.282 e. The SMILES string of the molecule is CCCOc1ccc(C2=C(Nc3ccc(F)cc3)C(=O)N(c3ccc(C)cc3)C2=O)cc1. The van der Waals surface area contributed by atoms with E-state index in [0.717, 1.165) is 16.9 Å². The molecule has 1 heterocycles. The smallest absolute Gasteiger partial charge is 0.282 e. The Morgan fingerprint density at radius 2 is 1.53 bits per heavy atom. The highest BCUT2D eigenvalue weighted by Gasteiger charge is 2.40. The van der Waals surface area contributed by atoms with Crippen LogP contribution in [0.1, 0.15) is 24.5 Å². The van der Waals surface area contributed by atoms with Gasteiger partial charge in [0.15, 0.2) is 0 Å². The van der Waals surface area contributed by atoms with Crippen LogP contribution >= 0.6 is 0 Å². The Morgan fingerprint density at radius 1 is 0.875 bits per heavy atom. The average Bonchev–Trinajstić information content (AvgIpc) is 3.04. The van der Waals surface area contributed by atoms with Gasteiger partial charge in [-0.3, -0.25) is 9.59 Å². The van der Waals surface area contributed by atoms with Gasteiger partial charge >= 0.3 is 0 Å². The summed E-state index contributed by atoms with van der Waals surface area (Å²) in [6.07, 6.45) is 0.886. The molecular weight excluding hydrogens is 407 g/mol. The summed E-state index contributed by atoms with van der Waals surface area (Å²) < 4.78 is 19.0. The van der Waals surface area contributed by atoms with Crippen molar-refractivity contribution in [2.75, 3.05) is 16.8 Å². The van der Waals surface area contributed by atoms with Crippen molar-refractivity contribution in [3.8, 4) is 5.75 Å². The number of carbonyl (C=O) groups is 2. The van der Waals surface area contributed by atoms with Gasteiger partial charge in [0, 0.05) is 5.69 Å². The van der Waals surface area contributed by atoms with Crippen LogP contribution in [0, 0.1) is 12.7 Å². The summed E-state index contributed by atoms with van der Waals surface area (Å²) in [5, 5.41) is 3.03. The Hall–Kier alpha value is -3.93. The maximum absolute atomic E-state index is 13.4. The van der Waals surface area contributed by atoms with Crippen LogP contribution in [-0.2, 0) is 9.59 Å². The maximum atomic E-state index is 13.4. The number of benzene rings is 3. The normalized spacial score (nSPS) is 13.7. The summed E-state index contributed by atoms with van der Waals surface area (Å²) in [7, 11) is 0. The number of nitrogens with one attached hydrogen (secondary N) is 1. The van der Waals surface area contributed by atoms with Gasteiger partial charge in [0.05, 0.1) is 17.9 Å². The second kappa shape index (κ2) is 9.06. The van der Waals surface area contributed by atoms with E-state index >= 15 is 0 Å². The van der Waals surface area contributed by atoms with Crippen molar-refractivity contribution in [3.63, 3.8) is 0 Å². The van der Waals surface area contributed by atoms with Crippen LogP contribution in [0.15, 0.2) is 78.5 Å². The quantitative estimate of drug-likeness (QED) is 0.516. The molecule has 3 aromatic rings. The fourth-order valence-corrected chi connectivity index (χ4v) is 3.46. The monoisotopic (exact) mass is 430 g/mol. The number of nitrogens with zero attached hydrogens (tertiary/aromatic N) is 1. The Labute approximate surface area is 186 Å². The largest absolute Gasteiger partial charge is 0.494 e. The van der Waals surface area contributed by atoms with Crippen molar-refractivity contribution in [2.24, 2.45) is 0 Å². The van der Waals surface area contributed by atoms with E-state index in [-0.39, 0.29) is 17.1 Å². The number of hydrogen-bond donors (Lipinski definition) is 1. The molecule has 0 atom stereocenters. The van der Waals surface area contributed by atoms with Gasteiger partial charge in [-0.2, -0.15) is 0 Å². The van der Waals surface area contributed by atoms with Crippen LogP contribution in [0.25, 0.3) is 5.57 Å². The minimum absolute atomic E-state index is 0.143. The first-order chi connectivity index (χ1) is 15.5. The molecule has 0 unspecified atom stereocenters. The van der Waals surface area contributed by atoms with E-state index in [0.29, 0.717) is 29.3 Å². The topological polar surface area (TPSA) is 58.6 Å². The summed E-state index contributed by atoms with van der Waals surface area (Å²) in [6, 6.07) is 19.9. The van der Waals surface area contributed by atoms with Crippen molar-refractivity contribution >= 4 is 28.8 Å². The van der Waals surface area contributed by atoms with E-state index in [4.69, 9.17) is 4.74 Å². The van der Waals surface area contributed by atoms with Crippen molar-refractivity contribution < 1.29 is 18.7 Å². The van der Waals surface area contributed by atoms with Gasteiger partial charge in [0.2, 0.25) is 0 Å². The van der Waals surface area contributed by atoms with Crippen LogP contribution in [0.3, 0.4) is 0 Å². The molecule has 0 spiro atoms. The van der Waals surface area contributed by atoms with Crippen molar-refractivity contribution in [2.45, 2.75) is 20.3 Å². The highest BCUT2D eigenvalue weighted by atomic mass is 19.1. The number of anilines is 2. The molecule has 162 valence electrons. The lowest BCUT2D eigenvalue weighted by Crippen LogP contribution is -2.32. The first-order valence-electron chi connectivity index (χ1n) is 10.4. The lowest BCUT2D eigenvalue weighted by molar-refractivity contribution is -0.120. The molecule has 0 fully saturated rings. The Balaban J connectivity index is 1.75. The molecule has 1 aliphatic heterocycles. The zero-order valence-corrected chi connectivity index (χ0v) is 17.9. The number of ether oxygens (including phenoxy) is 1. The lowest BCUT2D eigenvalue weighted by Gasteiger charge is -2.15. The minimum Gasteiger partial charge on any atom is -0.494 e. The summed E-state index contributed by atoms with van der Waals surface area (Å²) >= 11 is 0. The Bertz CT molecular complexity index is 1170. The molecule has 0 aliphatic carbocycles. The molecule has 0 saturated heterocycles. The molecule has 6 heteroatoms. The van der Waals surface area contributed by atoms with Gasteiger partial charge in [0.25, 0.3) is 11.8 Å². The van der Waals surface area contributed by atoms with Crippen LogP contribution in [0.2, 0.25) is 0 Å². The third kappa shape index (κ3) is 4.25. The number of imide groups is 1. The van der Waals surface area contributed by atoms with E-state index in [2.05, 4.69) is 5.32 Å². The molecule has 0 radical (unpaired) electrons. The molecule has 3 aromatic carbocycles. The van der Waals surface area contributed by atoms with E-state index in [1.807, 2.05) is 26.0 Å². The number of rotatable bonds is 7. The van der Waals surface area contributed by atoms with Crippen LogP contribution in [0.4, 0.5) is 15.8 Å². The molecule has 4 rings (SSSR count). The molecule has 0 aromatic heterocycles. The van der Waals surface area contributed by atoms with Crippen molar-refractivity contribution in [1.29, 1.82) is 0 Å². The first kappa shape index (κ1) is 21.3. The first-order valence-corrected chi connectivity index (χ1v) is 10.4. The van der Waals surface area contributed by atoms with Crippen LogP contribution in [0.5, 0.6) is 5.75 Å². The van der Waals surface area contributed by atoms with Crippen LogP contribution in [-0.4, -0.2) is 18.4 Å². The molecule has 0 saturated carbocycles.